The van der Waals surface area contributed by atoms with Gasteiger partial charge in [-0.05, 0) is 12.8 Å². The Balaban J connectivity index is 3.33. The molecule has 3 heteroatoms. The van der Waals surface area contributed by atoms with Gasteiger partial charge in [0.05, 0.1) is 6.61 Å². The SMILES string of the molecule is CCCCCCCOC(=O)CC(=O)CCC. The number of hydrogen-bond donors (Lipinski definition) is 0. The number of carbonyl (C=O) groups excluding carboxylic acids is 2. The van der Waals surface area contributed by atoms with Crippen LogP contribution in [0.15, 0.2) is 0 Å². The molecule has 0 radical (unpaired) electrons. The van der Waals surface area contributed by atoms with Crippen molar-refractivity contribution in [1.29, 1.82) is 0 Å². The second-order valence-corrected chi connectivity index (χ2v) is 4.10. The van der Waals surface area contributed by atoms with Gasteiger partial charge in [-0.1, -0.05) is 39.5 Å². The topological polar surface area (TPSA) is 43.4 Å². The number of rotatable bonds is 10. The summed E-state index contributed by atoms with van der Waals surface area (Å²) in [5, 5.41) is 0. The van der Waals surface area contributed by atoms with Crippen LogP contribution in [-0.2, 0) is 14.3 Å². The smallest absolute Gasteiger partial charge is 0.313 e. The number of ketones is 1. The zero-order chi connectivity index (χ0) is 12.2. The van der Waals surface area contributed by atoms with E-state index in [1.165, 1.54) is 19.3 Å². The molecule has 0 aromatic carbocycles. The van der Waals surface area contributed by atoms with Gasteiger partial charge in [-0.3, -0.25) is 9.59 Å². The van der Waals surface area contributed by atoms with E-state index < -0.39 is 0 Å². The Morgan fingerprint density at radius 1 is 0.938 bits per heavy atom. The molecule has 0 atom stereocenters. The Morgan fingerprint density at radius 3 is 2.25 bits per heavy atom. The third-order valence-electron chi connectivity index (χ3n) is 2.38. The first kappa shape index (κ1) is 15.1. The minimum Gasteiger partial charge on any atom is -0.465 e. The molecule has 0 spiro atoms. The van der Waals surface area contributed by atoms with E-state index in [0.717, 1.165) is 19.3 Å². The van der Waals surface area contributed by atoms with Gasteiger partial charge in [-0.25, -0.2) is 0 Å². The fourth-order valence-electron chi connectivity index (χ4n) is 1.47. The normalized spacial score (nSPS) is 10.1. The molecule has 0 amide bonds. The lowest BCUT2D eigenvalue weighted by atomic mass is 10.1. The highest BCUT2D eigenvalue weighted by Crippen LogP contribution is 2.03. The molecule has 0 bridgehead atoms. The van der Waals surface area contributed by atoms with Crippen LogP contribution < -0.4 is 0 Å². The van der Waals surface area contributed by atoms with Crippen LogP contribution in [0, 0.1) is 0 Å². The van der Waals surface area contributed by atoms with Crippen LogP contribution in [0.2, 0.25) is 0 Å². The molecule has 0 saturated heterocycles. The van der Waals surface area contributed by atoms with Crippen molar-refractivity contribution in [3.8, 4) is 0 Å². The summed E-state index contributed by atoms with van der Waals surface area (Å²) < 4.78 is 4.98. The minimum absolute atomic E-state index is 0.0153. The van der Waals surface area contributed by atoms with Gasteiger partial charge in [0.2, 0.25) is 0 Å². The Morgan fingerprint density at radius 2 is 1.62 bits per heavy atom. The van der Waals surface area contributed by atoms with Gasteiger partial charge in [-0.15, -0.1) is 0 Å². The van der Waals surface area contributed by atoms with E-state index in [0.29, 0.717) is 13.0 Å². The molecule has 94 valence electrons. The monoisotopic (exact) mass is 228 g/mol. The molecule has 0 fully saturated rings. The minimum atomic E-state index is -0.367. The lowest BCUT2D eigenvalue weighted by Gasteiger charge is -2.03. The average Bonchev–Trinajstić information content (AvgIpc) is 2.23. The molecule has 3 nitrogen and oxygen atoms in total. The van der Waals surface area contributed by atoms with Crippen LogP contribution in [0.5, 0.6) is 0 Å². The van der Waals surface area contributed by atoms with Gasteiger partial charge in [0, 0.05) is 6.42 Å². The van der Waals surface area contributed by atoms with Crippen molar-refractivity contribution in [2.24, 2.45) is 0 Å². The maximum absolute atomic E-state index is 11.2. The molecule has 0 N–H and O–H groups in total. The molecular weight excluding hydrogens is 204 g/mol. The van der Waals surface area contributed by atoms with Crippen LogP contribution >= 0.6 is 0 Å². The molecular formula is C13H24O3. The van der Waals surface area contributed by atoms with Gasteiger partial charge in [0.25, 0.3) is 0 Å². The third-order valence-corrected chi connectivity index (χ3v) is 2.38. The summed E-state index contributed by atoms with van der Waals surface area (Å²) in [6.07, 6.45) is 6.88. The number of Topliss-reactive ketones (excluding diaryl/α,β-unsaturated/α-hetero) is 1. The predicted molar refractivity (Wildman–Crippen MR) is 64.3 cm³/mol. The highest BCUT2D eigenvalue weighted by Gasteiger charge is 2.09. The Bertz CT molecular complexity index is 199. The molecule has 0 unspecified atom stereocenters. The van der Waals surface area contributed by atoms with E-state index in [1.807, 2.05) is 6.92 Å². The second-order valence-electron chi connectivity index (χ2n) is 4.10. The lowest BCUT2D eigenvalue weighted by molar-refractivity contribution is -0.146. The Labute approximate surface area is 98.6 Å². The molecule has 0 aliphatic rings. The standard InChI is InChI=1S/C13H24O3/c1-3-5-6-7-8-10-16-13(15)11-12(14)9-4-2/h3-11H2,1-2H3. The lowest BCUT2D eigenvalue weighted by Crippen LogP contribution is -2.11. The summed E-state index contributed by atoms with van der Waals surface area (Å²) >= 11 is 0. The van der Waals surface area contributed by atoms with Crippen LogP contribution in [-0.4, -0.2) is 18.4 Å². The Kier molecular flexibility index (Phi) is 10.1. The van der Waals surface area contributed by atoms with E-state index >= 15 is 0 Å². The van der Waals surface area contributed by atoms with Gasteiger partial charge < -0.3 is 4.74 Å². The molecule has 16 heavy (non-hydrogen) atoms. The largest absolute Gasteiger partial charge is 0.465 e. The molecule has 0 aromatic rings. The van der Waals surface area contributed by atoms with Gasteiger partial charge in [0.15, 0.2) is 0 Å². The van der Waals surface area contributed by atoms with Crippen molar-refractivity contribution < 1.29 is 14.3 Å². The quantitative estimate of drug-likeness (QED) is 0.327. The summed E-state index contributed by atoms with van der Waals surface area (Å²) in [5.41, 5.74) is 0. The molecule has 0 aliphatic carbocycles. The maximum Gasteiger partial charge on any atom is 0.313 e. The number of hydrogen-bond acceptors (Lipinski definition) is 3. The fourth-order valence-corrected chi connectivity index (χ4v) is 1.47. The van der Waals surface area contributed by atoms with E-state index in [9.17, 15) is 9.59 Å². The van der Waals surface area contributed by atoms with E-state index in [4.69, 9.17) is 4.74 Å². The van der Waals surface area contributed by atoms with Crippen molar-refractivity contribution in [2.45, 2.75) is 65.2 Å². The van der Waals surface area contributed by atoms with Crippen LogP contribution in [0.4, 0.5) is 0 Å². The van der Waals surface area contributed by atoms with Crippen molar-refractivity contribution in [3.05, 3.63) is 0 Å². The molecule has 0 aromatic heterocycles. The van der Waals surface area contributed by atoms with Crippen molar-refractivity contribution in [2.75, 3.05) is 6.61 Å². The first-order valence-corrected chi connectivity index (χ1v) is 6.38. The summed E-state index contributed by atoms with van der Waals surface area (Å²) in [5.74, 6) is -0.382. The number of esters is 1. The summed E-state index contributed by atoms with van der Waals surface area (Å²) in [4.78, 5) is 22.3. The van der Waals surface area contributed by atoms with Crippen LogP contribution in [0.1, 0.15) is 65.2 Å². The molecule has 0 heterocycles. The van der Waals surface area contributed by atoms with E-state index in [2.05, 4.69) is 6.92 Å². The second kappa shape index (κ2) is 10.7. The number of carbonyl (C=O) groups is 2. The van der Waals surface area contributed by atoms with Gasteiger partial charge >= 0.3 is 5.97 Å². The van der Waals surface area contributed by atoms with Crippen molar-refractivity contribution >= 4 is 11.8 Å². The molecule has 0 rings (SSSR count). The van der Waals surface area contributed by atoms with Gasteiger partial charge in [-0.2, -0.15) is 0 Å². The number of ether oxygens (including phenoxy) is 1. The third kappa shape index (κ3) is 9.69. The molecule has 0 aliphatic heterocycles. The predicted octanol–water partition coefficient (Wildman–Crippen LogP) is 3.26. The molecule has 0 saturated carbocycles. The first-order valence-electron chi connectivity index (χ1n) is 6.38. The fraction of sp³-hybridized carbons (Fsp3) is 0.846. The van der Waals surface area contributed by atoms with Crippen molar-refractivity contribution in [3.63, 3.8) is 0 Å². The average molecular weight is 228 g/mol. The zero-order valence-corrected chi connectivity index (χ0v) is 10.6. The van der Waals surface area contributed by atoms with E-state index in [1.54, 1.807) is 0 Å². The van der Waals surface area contributed by atoms with Gasteiger partial charge in [0.1, 0.15) is 12.2 Å². The van der Waals surface area contributed by atoms with E-state index in [-0.39, 0.29) is 18.2 Å². The summed E-state index contributed by atoms with van der Waals surface area (Å²) in [7, 11) is 0. The Hall–Kier alpha value is -0.860. The first-order chi connectivity index (χ1) is 7.70. The van der Waals surface area contributed by atoms with Crippen LogP contribution in [0.3, 0.4) is 0 Å². The van der Waals surface area contributed by atoms with Crippen LogP contribution in [0.25, 0.3) is 0 Å². The zero-order valence-electron chi connectivity index (χ0n) is 10.6. The number of unbranched alkanes of at least 4 members (excludes halogenated alkanes) is 4. The summed E-state index contributed by atoms with van der Waals surface area (Å²) in [6, 6.07) is 0. The van der Waals surface area contributed by atoms with Crippen molar-refractivity contribution in [1.82, 2.24) is 0 Å². The highest BCUT2D eigenvalue weighted by atomic mass is 16.5. The maximum atomic E-state index is 11.2. The highest BCUT2D eigenvalue weighted by molar-refractivity contribution is 5.95. The summed E-state index contributed by atoms with van der Waals surface area (Å²) in [6.45, 7) is 4.55.